The molecule has 1 amide bonds. The maximum absolute atomic E-state index is 11.5. The van der Waals surface area contributed by atoms with E-state index in [1.807, 2.05) is 0 Å². The van der Waals surface area contributed by atoms with Crippen molar-refractivity contribution in [3.05, 3.63) is 0 Å². The Labute approximate surface area is 102 Å². The molecule has 0 spiro atoms. The number of nitrogens with one attached hydrogen (secondary N) is 1. The number of aliphatic carboxylic acids is 1. The highest BCUT2D eigenvalue weighted by Crippen LogP contribution is 2.20. The highest BCUT2D eigenvalue weighted by atomic mass is 16.5. The highest BCUT2D eigenvalue weighted by molar-refractivity contribution is 5.84. The zero-order valence-electron chi connectivity index (χ0n) is 10.3. The standard InChI is InChI=1S/C12H21NO4/c1-9(12(16)13-8-11(14)15)17-10-6-4-2-3-5-7-10/h9-10H,2-8H2,1H3,(H,13,16)(H,14,15). The van der Waals surface area contributed by atoms with Crippen LogP contribution in [0.1, 0.15) is 45.4 Å². The van der Waals surface area contributed by atoms with Crippen molar-refractivity contribution in [2.75, 3.05) is 6.54 Å². The summed E-state index contributed by atoms with van der Waals surface area (Å²) in [4.78, 5) is 21.8. The van der Waals surface area contributed by atoms with Crippen LogP contribution in [-0.2, 0) is 14.3 Å². The van der Waals surface area contributed by atoms with Crippen molar-refractivity contribution in [3.63, 3.8) is 0 Å². The number of rotatable bonds is 5. The molecule has 1 aliphatic carbocycles. The number of carboxylic acids is 1. The molecule has 0 aromatic rings. The fourth-order valence-corrected chi connectivity index (χ4v) is 2.03. The second-order valence-electron chi connectivity index (χ2n) is 4.50. The van der Waals surface area contributed by atoms with Crippen LogP contribution in [0.15, 0.2) is 0 Å². The normalized spacial score (nSPS) is 19.4. The van der Waals surface area contributed by atoms with Gasteiger partial charge in [-0.3, -0.25) is 9.59 Å². The smallest absolute Gasteiger partial charge is 0.322 e. The molecular formula is C12H21NO4. The molecule has 0 saturated heterocycles. The molecular weight excluding hydrogens is 222 g/mol. The van der Waals surface area contributed by atoms with Crippen molar-refractivity contribution in [1.82, 2.24) is 5.32 Å². The van der Waals surface area contributed by atoms with Crippen molar-refractivity contribution >= 4 is 11.9 Å². The lowest BCUT2D eigenvalue weighted by Gasteiger charge is -2.20. The van der Waals surface area contributed by atoms with Gasteiger partial charge in [-0.15, -0.1) is 0 Å². The molecule has 0 heterocycles. The van der Waals surface area contributed by atoms with Crippen LogP contribution in [0.25, 0.3) is 0 Å². The van der Waals surface area contributed by atoms with Gasteiger partial charge in [-0.2, -0.15) is 0 Å². The van der Waals surface area contributed by atoms with Crippen LogP contribution in [0, 0.1) is 0 Å². The molecule has 0 aliphatic heterocycles. The predicted molar refractivity (Wildman–Crippen MR) is 62.7 cm³/mol. The Hall–Kier alpha value is -1.10. The van der Waals surface area contributed by atoms with E-state index in [4.69, 9.17) is 9.84 Å². The van der Waals surface area contributed by atoms with Crippen LogP contribution in [-0.4, -0.2) is 35.7 Å². The number of ether oxygens (including phenoxy) is 1. The lowest BCUT2D eigenvalue weighted by molar-refractivity contribution is -0.141. The topological polar surface area (TPSA) is 75.6 Å². The van der Waals surface area contributed by atoms with Crippen LogP contribution in [0.5, 0.6) is 0 Å². The minimum absolute atomic E-state index is 0.142. The van der Waals surface area contributed by atoms with E-state index in [0.717, 1.165) is 25.7 Å². The third-order valence-corrected chi connectivity index (χ3v) is 2.98. The first-order valence-corrected chi connectivity index (χ1v) is 6.24. The van der Waals surface area contributed by atoms with Gasteiger partial charge in [0, 0.05) is 0 Å². The molecule has 0 radical (unpaired) electrons. The first-order chi connectivity index (χ1) is 8.09. The number of amides is 1. The van der Waals surface area contributed by atoms with Gasteiger partial charge in [-0.25, -0.2) is 0 Å². The second kappa shape index (κ2) is 7.27. The van der Waals surface area contributed by atoms with Crippen LogP contribution in [0.3, 0.4) is 0 Å². The second-order valence-corrected chi connectivity index (χ2v) is 4.50. The summed E-state index contributed by atoms with van der Waals surface area (Å²) in [7, 11) is 0. The SMILES string of the molecule is CC(OC1CCCCCC1)C(=O)NCC(=O)O. The maximum Gasteiger partial charge on any atom is 0.322 e. The molecule has 1 unspecified atom stereocenters. The summed E-state index contributed by atoms with van der Waals surface area (Å²) in [5.74, 6) is -1.39. The summed E-state index contributed by atoms with van der Waals surface area (Å²) in [6.45, 7) is 1.32. The van der Waals surface area contributed by atoms with Crippen LogP contribution >= 0.6 is 0 Å². The third-order valence-electron chi connectivity index (χ3n) is 2.98. The van der Waals surface area contributed by atoms with Gasteiger partial charge in [-0.05, 0) is 19.8 Å². The Morgan fingerprint density at radius 1 is 1.29 bits per heavy atom. The van der Waals surface area contributed by atoms with E-state index in [2.05, 4.69) is 5.32 Å². The molecule has 0 aromatic heterocycles. The summed E-state index contributed by atoms with van der Waals surface area (Å²) < 4.78 is 5.66. The highest BCUT2D eigenvalue weighted by Gasteiger charge is 2.20. The lowest BCUT2D eigenvalue weighted by atomic mass is 10.1. The van der Waals surface area contributed by atoms with Gasteiger partial charge in [0.25, 0.3) is 0 Å². The molecule has 0 aromatic carbocycles. The summed E-state index contributed by atoms with van der Waals surface area (Å²) >= 11 is 0. The van der Waals surface area contributed by atoms with Crippen molar-refractivity contribution in [1.29, 1.82) is 0 Å². The summed E-state index contributed by atoms with van der Waals surface area (Å²) in [5, 5.41) is 10.8. The molecule has 98 valence electrons. The van der Waals surface area contributed by atoms with Gasteiger partial charge in [0.1, 0.15) is 12.6 Å². The zero-order valence-corrected chi connectivity index (χ0v) is 10.3. The van der Waals surface area contributed by atoms with E-state index >= 15 is 0 Å². The predicted octanol–water partition coefficient (Wildman–Crippen LogP) is 1.32. The van der Waals surface area contributed by atoms with Gasteiger partial charge < -0.3 is 15.2 Å². The average molecular weight is 243 g/mol. The molecule has 1 aliphatic rings. The fourth-order valence-electron chi connectivity index (χ4n) is 2.03. The number of carboxylic acid groups (broad SMARTS) is 1. The van der Waals surface area contributed by atoms with Gasteiger partial charge >= 0.3 is 5.97 Å². The van der Waals surface area contributed by atoms with Crippen LogP contribution in [0.2, 0.25) is 0 Å². The molecule has 1 fully saturated rings. The van der Waals surface area contributed by atoms with E-state index in [9.17, 15) is 9.59 Å². The molecule has 1 atom stereocenters. The van der Waals surface area contributed by atoms with Crippen molar-refractivity contribution in [2.45, 2.75) is 57.7 Å². The molecule has 0 bridgehead atoms. The van der Waals surface area contributed by atoms with Crippen molar-refractivity contribution < 1.29 is 19.4 Å². The van der Waals surface area contributed by atoms with Crippen LogP contribution in [0.4, 0.5) is 0 Å². The first-order valence-electron chi connectivity index (χ1n) is 6.24. The number of hydrogen-bond acceptors (Lipinski definition) is 3. The van der Waals surface area contributed by atoms with Crippen molar-refractivity contribution in [3.8, 4) is 0 Å². The first kappa shape index (κ1) is 14.0. The molecule has 2 N–H and O–H groups in total. The van der Waals surface area contributed by atoms with E-state index < -0.39 is 12.1 Å². The fraction of sp³-hybridized carbons (Fsp3) is 0.833. The monoisotopic (exact) mass is 243 g/mol. The lowest BCUT2D eigenvalue weighted by Crippen LogP contribution is -2.39. The van der Waals surface area contributed by atoms with E-state index in [1.165, 1.54) is 12.8 Å². The van der Waals surface area contributed by atoms with Gasteiger partial charge in [-0.1, -0.05) is 25.7 Å². The molecule has 1 rings (SSSR count). The summed E-state index contributed by atoms with van der Waals surface area (Å²) in [5.41, 5.74) is 0. The van der Waals surface area contributed by atoms with Gasteiger partial charge in [0.15, 0.2) is 0 Å². The van der Waals surface area contributed by atoms with Gasteiger partial charge in [0.05, 0.1) is 6.10 Å². The average Bonchev–Trinajstić information content (AvgIpc) is 2.54. The minimum Gasteiger partial charge on any atom is -0.480 e. The third kappa shape index (κ3) is 5.68. The maximum atomic E-state index is 11.5. The Bertz CT molecular complexity index is 259. The molecule has 17 heavy (non-hydrogen) atoms. The zero-order chi connectivity index (χ0) is 12.7. The Morgan fingerprint density at radius 2 is 1.88 bits per heavy atom. The van der Waals surface area contributed by atoms with E-state index in [1.54, 1.807) is 6.92 Å². The minimum atomic E-state index is -1.04. The van der Waals surface area contributed by atoms with Crippen molar-refractivity contribution in [2.24, 2.45) is 0 Å². The van der Waals surface area contributed by atoms with E-state index in [0.29, 0.717) is 0 Å². The molecule has 5 nitrogen and oxygen atoms in total. The Morgan fingerprint density at radius 3 is 2.41 bits per heavy atom. The number of hydrogen-bond donors (Lipinski definition) is 2. The Kier molecular flexibility index (Phi) is 5.97. The van der Waals surface area contributed by atoms with E-state index in [-0.39, 0.29) is 18.6 Å². The summed E-state index contributed by atoms with van der Waals surface area (Å²) in [6, 6.07) is 0. The molecule has 1 saturated carbocycles. The van der Waals surface area contributed by atoms with Crippen LogP contribution < -0.4 is 5.32 Å². The number of carbonyl (C=O) groups excluding carboxylic acids is 1. The number of carbonyl (C=O) groups is 2. The largest absolute Gasteiger partial charge is 0.480 e. The summed E-state index contributed by atoms with van der Waals surface area (Å²) in [6.07, 6.45) is 6.33. The molecule has 5 heteroatoms. The van der Waals surface area contributed by atoms with Gasteiger partial charge in [0.2, 0.25) is 5.91 Å². The Balaban J connectivity index is 2.28. The quantitative estimate of drug-likeness (QED) is 0.714.